The first-order chi connectivity index (χ1) is 12.9. The molecule has 0 radical (unpaired) electrons. The lowest BCUT2D eigenvalue weighted by Gasteiger charge is -2.31. The molecular formula is C20H26N4O2S. The molecule has 7 heteroatoms. The number of hydrogen-bond acceptors (Lipinski definition) is 4. The quantitative estimate of drug-likeness (QED) is 0.843. The van der Waals surface area contributed by atoms with Gasteiger partial charge in [-0.2, -0.15) is 0 Å². The topological polar surface area (TPSA) is 74.3 Å². The Morgan fingerprint density at radius 3 is 2.63 bits per heavy atom. The maximum absolute atomic E-state index is 12.5. The van der Waals surface area contributed by atoms with Crippen LogP contribution in [0.2, 0.25) is 0 Å². The second-order valence-corrected chi connectivity index (χ2v) is 8.15. The minimum atomic E-state index is -0.0968. The van der Waals surface area contributed by atoms with Gasteiger partial charge in [0.25, 0.3) is 0 Å². The Labute approximate surface area is 164 Å². The molecule has 0 spiro atoms. The Bertz CT molecular complexity index is 825. The fraction of sp³-hybridized carbons (Fsp3) is 0.450. The number of carbonyl (C=O) groups is 2. The lowest BCUT2D eigenvalue weighted by molar-refractivity contribution is -0.126. The number of rotatable bonds is 4. The zero-order valence-electron chi connectivity index (χ0n) is 16.0. The van der Waals surface area contributed by atoms with Crippen LogP contribution in [-0.2, 0) is 11.3 Å². The maximum atomic E-state index is 12.5. The van der Waals surface area contributed by atoms with Crippen LogP contribution in [0.15, 0.2) is 23.6 Å². The second kappa shape index (κ2) is 8.52. The van der Waals surface area contributed by atoms with Gasteiger partial charge in [0, 0.05) is 30.1 Å². The SMILES string of the molecule is Cc1ccc(C)c(NC(=O)N2CCC(C(=O)NCc3csc(C)n3)CC2)c1. The van der Waals surface area contributed by atoms with Gasteiger partial charge < -0.3 is 15.5 Å². The third-order valence-corrected chi connectivity index (χ3v) is 5.72. The molecule has 1 fully saturated rings. The number of urea groups is 1. The van der Waals surface area contributed by atoms with Crippen LogP contribution in [0.4, 0.5) is 10.5 Å². The summed E-state index contributed by atoms with van der Waals surface area (Å²) >= 11 is 1.58. The Balaban J connectivity index is 1.47. The summed E-state index contributed by atoms with van der Waals surface area (Å²) in [6.45, 7) is 7.59. The van der Waals surface area contributed by atoms with Gasteiger partial charge in [0.2, 0.25) is 5.91 Å². The first-order valence-electron chi connectivity index (χ1n) is 9.24. The van der Waals surface area contributed by atoms with E-state index in [1.165, 1.54) is 0 Å². The van der Waals surface area contributed by atoms with Crippen LogP contribution < -0.4 is 10.6 Å². The summed E-state index contributed by atoms with van der Waals surface area (Å²) in [7, 11) is 0. The van der Waals surface area contributed by atoms with Gasteiger partial charge in [0.1, 0.15) is 0 Å². The summed E-state index contributed by atoms with van der Waals surface area (Å²) in [6.07, 6.45) is 1.37. The third-order valence-electron chi connectivity index (χ3n) is 4.90. The third kappa shape index (κ3) is 5.07. The highest BCUT2D eigenvalue weighted by Gasteiger charge is 2.27. The van der Waals surface area contributed by atoms with E-state index in [2.05, 4.69) is 15.6 Å². The molecule has 3 rings (SSSR count). The number of amides is 3. The van der Waals surface area contributed by atoms with Crippen LogP contribution in [-0.4, -0.2) is 34.9 Å². The Kier molecular flexibility index (Phi) is 6.11. The Morgan fingerprint density at radius 2 is 1.96 bits per heavy atom. The molecule has 3 amide bonds. The van der Waals surface area contributed by atoms with Gasteiger partial charge >= 0.3 is 6.03 Å². The molecule has 1 saturated heterocycles. The van der Waals surface area contributed by atoms with Gasteiger partial charge in [-0.1, -0.05) is 12.1 Å². The van der Waals surface area contributed by atoms with Crippen LogP contribution in [0.25, 0.3) is 0 Å². The molecule has 1 aliphatic rings. The normalized spacial score (nSPS) is 14.9. The van der Waals surface area contributed by atoms with Gasteiger partial charge in [0.05, 0.1) is 17.2 Å². The van der Waals surface area contributed by atoms with Crippen molar-refractivity contribution in [2.75, 3.05) is 18.4 Å². The highest BCUT2D eigenvalue weighted by atomic mass is 32.1. The van der Waals surface area contributed by atoms with E-state index in [9.17, 15) is 9.59 Å². The first-order valence-corrected chi connectivity index (χ1v) is 10.1. The number of likely N-dealkylation sites (tertiary alicyclic amines) is 1. The number of hydrogen-bond donors (Lipinski definition) is 2. The number of aromatic nitrogens is 1. The molecule has 6 nitrogen and oxygen atoms in total. The molecule has 2 N–H and O–H groups in total. The van der Waals surface area contributed by atoms with E-state index in [-0.39, 0.29) is 17.9 Å². The molecule has 0 bridgehead atoms. The molecule has 27 heavy (non-hydrogen) atoms. The molecule has 2 heterocycles. The van der Waals surface area contributed by atoms with Crippen molar-refractivity contribution in [1.82, 2.24) is 15.2 Å². The summed E-state index contributed by atoms with van der Waals surface area (Å²) in [4.78, 5) is 31.0. The summed E-state index contributed by atoms with van der Waals surface area (Å²) in [5.74, 6) is 0.00438. The molecule has 2 aromatic rings. The molecule has 1 aromatic carbocycles. The highest BCUT2D eigenvalue weighted by Crippen LogP contribution is 2.21. The smallest absolute Gasteiger partial charge is 0.321 e. The van der Waals surface area contributed by atoms with Gasteiger partial charge in [-0.3, -0.25) is 4.79 Å². The van der Waals surface area contributed by atoms with Crippen molar-refractivity contribution >= 4 is 29.0 Å². The predicted octanol–water partition coefficient (Wildman–Crippen LogP) is 3.63. The minimum Gasteiger partial charge on any atom is -0.350 e. The van der Waals surface area contributed by atoms with Crippen molar-refractivity contribution in [3.8, 4) is 0 Å². The van der Waals surface area contributed by atoms with Crippen molar-refractivity contribution in [3.05, 3.63) is 45.4 Å². The van der Waals surface area contributed by atoms with E-state index < -0.39 is 0 Å². The molecular weight excluding hydrogens is 360 g/mol. The van der Waals surface area contributed by atoms with E-state index in [0.717, 1.165) is 27.5 Å². The molecule has 0 unspecified atom stereocenters. The molecule has 0 aliphatic carbocycles. The fourth-order valence-electron chi connectivity index (χ4n) is 3.22. The van der Waals surface area contributed by atoms with Crippen LogP contribution in [0, 0.1) is 26.7 Å². The number of benzene rings is 1. The number of nitrogens with zero attached hydrogens (tertiary/aromatic N) is 2. The average molecular weight is 387 g/mol. The number of piperidine rings is 1. The monoisotopic (exact) mass is 386 g/mol. The first kappa shape index (κ1) is 19.4. The van der Waals surface area contributed by atoms with E-state index >= 15 is 0 Å². The lowest BCUT2D eigenvalue weighted by atomic mass is 9.96. The zero-order chi connectivity index (χ0) is 19.4. The van der Waals surface area contributed by atoms with Gasteiger partial charge in [-0.25, -0.2) is 9.78 Å². The van der Waals surface area contributed by atoms with Crippen molar-refractivity contribution < 1.29 is 9.59 Å². The van der Waals surface area contributed by atoms with E-state index in [0.29, 0.717) is 32.5 Å². The van der Waals surface area contributed by atoms with E-state index in [1.54, 1.807) is 16.2 Å². The van der Waals surface area contributed by atoms with E-state index in [4.69, 9.17) is 0 Å². The Morgan fingerprint density at radius 1 is 1.22 bits per heavy atom. The van der Waals surface area contributed by atoms with Crippen molar-refractivity contribution in [1.29, 1.82) is 0 Å². The standard InChI is InChI=1S/C20H26N4O2S/c1-13-4-5-14(2)18(10-13)23-20(26)24-8-6-16(7-9-24)19(25)21-11-17-12-27-15(3)22-17/h4-5,10,12,16H,6-9,11H2,1-3H3,(H,21,25)(H,23,26). The second-order valence-electron chi connectivity index (χ2n) is 7.09. The van der Waals surface area contributed by atoms with Crippen molar-refractivity contribution in [2.24, 2.45) is 5.92 Å². The van der Waals surface area contributed by atoms with Gasteiger partial charge in [0.15, 0.2) is 0 Å². The summed E-state index contributed by atoms with van der Waals surface area (Å²) < 4.78 is 0. The van der Waals surface area contributed by atoms with Crippen molar-refractivity contribution in [2.45, 2.75) is 40.2 Å². The summed E-state index contributed by atoms with van der Waals surface area (Å²) in [5.41, 5.74) is 3.90. The molecule has 0 atom stereocenters. The predicted molar refractivity (Wildman–Crippen MR) is 108 cm³/mol. The van der Waals surface area contributed by atoms with E-state index in [1.807, 2.05) is 44.4 Å². The highest BCUT2D eigenvalue weighted by molar-refractivity contribution is 7.09. The van der Waals surface area contributed by atoms with Crippen LogP contribution in [0.5, 0.6) is 0 Å². The summed E-state index contributed by atoms with van der Waals surface area (Å²) in [5, 5.41) is 8.93. The molecule has 1 aliphatic heterocycles. The number of anilines is 1. The zero-order valence-corrected chi connectivity index (χ0v) is 16.9. The molecule has 1 aromatic heterocycles. The molecule has 0 saturated carbocycles. The van der Waals surface area contributed by atoms with Crippen LogP contribution >= 0.6 is 11.3 Å². The molecule has 144 valence electrons. The number of carbonyl (C=O) groups excluding carboxylic acids is 2. The number of aryl methyl sites for hydroxylation is 3. The lowest BCUT2D eigenvalue weighted by Crippen LogP contribution is -2.44. The average Bonchev–Trinajstić information content (AvgIpc) is 3.08. The van der Waals surface area contributed by atoms with Crippen LogP contribution in [0.3, 0.4) is 0 Å². The van der Waals surface area contributed by atoms with Gasteiger partial charge in [-0.05, 0) is 50.8 Å². The Hall–Kier alpha value is -2.41. The number of thiazole rings is 1. The largest absolute Gasteiger partial charge is 0.350 e. The fourth-order valence-corrected chi connectivity index (χ4v) is 3.83. The van der Waals surface area contributed by atoms with Crippen molar-refractivity contribution in [3.63, 3.8) is 0 Å². The number of nitrogens with one attached hydrogen (secondary N) is 2. The minimum absolute atomic E-state index is 0.0468. The van der Waals surface area contributed by atoms with Gasteiger partial charge in [-0.15, -0.1) is 11.3 Å². The van der Waals surface area contributed by atoms with Crippen LogP contribution in [0.1, 0.15) is 34.7 Å². The summed E-state index contributed by atoms with van der Waals surface area (Å²) in [6, 6.07) is 5.92. The maximum Gasteiger partial charge on any atom is 0.321 e.